The van der Waals surface area contributed by atoms with E-state index in [0.717, 1.165) is 17.3 Å². The molecule has 84 valence electrons. The maximum absolute atomic E-state index is 9.19. The zero-order valence-corrected chi connectivity index (χ0v) is 9.78. The predicted molar refractivity (Wildman–Crippen MR) is 60.8 cm³/mol. The third kappa shape index (κ3) is 3.47. The first-order chi connectivity index (χ1) is 7.02. The number of aliphatic hydroxyl groups excluding tert-OH is 1. The molecule has 0 aromatic carbocycles. The van der Waals surface area contributed by atoms with Crippen molar-refractivity contribution in [3.05, 3.63) is 17.6 Å². The minimum atomic E-state index is 0.0405. The molecule has 0 amide bonds. The highest BCUT2D eigenvalue weighted by molar-refractivity contribution is 5.37. The fourth-order valence-corrected chi connectivity index (χ4v) is 1.40. The summed E-state index contributed by atoms with van der Waals surface area (Å²) < 4.78 is 0. The van der Waals surface area contributed by atoms with Crippen LogP contribution in [0.5, 0.6) is 0 Å². The maximum Gasteiger partial charge on any atom is 0.130 e. The van der Waals surface area contributed by atoms with E-state index in [1.807, 2.05) is 19.9 Å². The van der Waals surface area contributed by atoms with Crippen LogP contribution in [0.3, 0.4) is 0 Å². The highest BCUT2D eigenvalue weighted by atomic mass is 16.3. The number of hydrogen-bond acceptors (Lipinski definition) is 4. The van der Waals surface area contributed by atoms with Gasteiger partial charge in [-0.05, 0) is 19.8 Å². The van der Waals surface area contributed by atoms with Crippen molar-refractivity contribution in [2.24, 2.45) is 5.92 Å². The van der Waals surface area contributed by atoms with Crippen molar-refractivity contribution < 1.29 is 5.11 Å². The summed E-state index contributed by atoms with van der Waals surface area (Å²) in [5, 5.41) is 12.4. The van der Waals surface area contributed by atoms with Gasteiger partial charge in [0.2, 0.25) is 0 Å². The second-order valence-electron chi connectivity index (χ2n) is 4.12. The number of hydrogen-bond donors (Lipinski definition) is 2. The van der Waals surface area contributed by atoms with Crippen LogP contribution >= 0.6 is 0 Å². The lowest BCUT2D eigenvalue weighted by Gasteiger charge is -2.20. The van der Waals surface area contributed by atoms with Crippen LogP contribution in [0.1, 0.15) is 25.4 Å². The van der Waals surface area contributed by atoms with Crippen LogP contribution < -0.4 is 5.32 Å². The van der Waals surface area contributed by atoms with Crippen LogP contribution in [0.2, 0.25) is 0 Å². The van der Waals surface area contributed by atoms with Crippen LogP contribution in [0.25, 0.3) is 0 Å². The Kier molecular flexibility index (Phi) is 4.03. The number of aliphatic hydroxyl groups is 1. The topological polar surface area (TPSA) is 58.0 Å². The van der Waals surface area contributed by atoms with Crippen molar-refractivity contribution in [3.8, 4) is 0 Å². The highest BCUT2D eigenvalue weighted by Crippen LogP contribution is 2.11. The van der Waals surface area contributed by atoms with Crippen LogP contribution in [0, 0.1) is 19.8 Å². The van der Waals surface area contributed by atoms with Gasteiger partial charge in [-0.1, -0.05) is 13.8 Å². The first kappa shape index (κ1) is 11.9. The molecule has 0 bridgehead atoms. The SMILES string of the molecule is Cc1cc(NC(CO)C(C)C)nc(C)n1. The van der Waals surface area contributed by atoms with Gasteiger partial charge in [0, 0.05) is 11.8 Å². The summed E-state index contributed by atoms with van der Waals surface area (Å²) in [7, 11) is 0. The Morgan fingerprint density at radius 3 is 2.47 bits per heavy atom. The zero-order chi connectivity index (χ0) is 11.4. The Balaban J connectivity index is 2.79. The van der Waals surface area contributed by atoms with Crippen molar-refractivity contribution >= 4 is 5.82 Å². The Labute approximate surface area is 90.8 Å². The Hall–Kier alpha value is -1.16. The lowest BCUT2D eigenvalue weighted by Crippen LogP contribution is -2.30. The largest absolute Gasteiger partial charge is 0.394 e. The van der Waals surface area contributed by atoms with Crippen LogP contribution in [-0.2, 0) is 0 Å². The fourth-order valence-electron chi connectivity index (χ4n) is 1.40. The number of aryl methyl sites for hydroxylation is 2. The van der Waals surface area contributed by atoms with E-state index in [4.69, 9.17) is 0 Å². The quantitative estimate of drug-likeness (QED) is 0.789. The van der Waals surface area contributed by atoms with E-state index in [9.17, 15) is 5.11 Å². The molecule has 1 rings (SSSR count). The molecule has 4 heteroatoms. The van der Waals surface area contributed by atoms with Crippen molar-refractivity contribution in [3.63, 3.8) is 0 Å². The number of nitrogens with one attached hydrogen (secondary N) is 1. The Morgan fingerprint density at radius 2 is 2.00 bits per heavy atom. The molecule has 1 atom stereocenters. The van der Waals surface area contributed by atoms with E-state index < -0.39 is 0 Å². The normalized spacial score (nSPS) is 12.9. The number of rotatable bonds is 4. The number of nitrogens with zero attached hydrogens (tertiary/aromatic N) is 2. The molecule has 0 aliphatic rings. The molecular formula is C11H19N3O. The Morgan fingerprint density at radius 1 is 1.33 bits per heavy atom. The molecule has 2 N–H and O–H groups in total. The summed E-state index contributed by atoms with van der Waals surface area (Å²) in [6.07, 6.45) is 0. The summed E-state index contributed by atoms with van der Waals surface area (Å²) >= 11 is 0. The second kappa shape index (κ2) is 5.07. The Bertz CT molecular complexity index is 305. The van der Waals surface area contributed by atoms with Crippen LogP contribution in [-0.4, -0.2) is 27.7 Å². The molecule has 0 saturated carbocycles. The zero-order valence-electron chi connectivity index (χ0n) is 9.78. The predicted octanol–water partition coefficient (Wildman–Crippen LogP) is 1.52. The van der Waals surface area contributed by atoms with Gasteiger partial charge in [-0.3, -0.25) is 0 Å². The van der Waals surface area contributed by atoms with Crippen molar-refractivity contribution in [1.29, 1.82) is 0 Å². The molecule has 4 nitrogen and oxygen atoms in total. The minimum absolute atomic E-state index is 0.0405. The first-order valence-electron chi connectivity index (χ1n) is 5.22. The fraction of sp³-hybridized carbons (Fsp3) is 0.636. The third-order valence-electron chi connectivity index (χ3n) is 2.30. The molecule has 0 aliphatic carbocycles. The van der Waals surface area contributed by atoms with E-state index in [1.165, 1.54) is 0 Å². The van der Waals surface area contributed by atoms with Crippen molar-refractivity contribution in [2.45, 2.75) is 33.7 Å². The smallest absolute Gasteiger partial charge is 0.130 e. The minimum Gasteiger partial charge on any atom is -0.394 e. The van der Waals surface area contributed by atoms with Gasteiger partial charge in [0.1, 0.15) is 11.6 Å². The van der Waals surface area contributed by atoms with Gasteiger partial charge in [-0.2, -0.15) is 0 Å². The molecule has 1 heterocycles. The molecule has 1 aromatic rings. The van der Waals surface area contributed by atoms with Gasteiger partial charge in [0.25, 0.3) is 0 Å². The van der Waals surface area contributed by atoms with Crippen molar-refractivity contribution in [2.75, 3.05) is 11.9 Å². The lowest BCUT2D eigenvalue weighted by molar-refractivity contribution is 0.249. The average Bonchev–Trinajstić information content (AvgIpc) is 2.12. The molecule has 0 radical (unpaired) electrons. The summed E-state index contributed by atoms with van der Waals surface area (Å²) in [6, 6.07) is 1.93. The van der Waals surface area contributed by atoms with Gasteiger partial charge in [-0.15, -0.1) is 0 Å². The van der Waals surface area contributed by atoms with E-state index in [-0.39, 0.29) is 12.6 Å². The molecule has 1 aromatic heterocycles. The van der Waals surface area contributed by atoms with Gasteiger partial charge in [0.05, 0.1) is 12.6 Å². The maximum atomic E-state index is 9.19. The second-order valence-corrected chi connectivity index (χ2v) is 4.12. The van der Waals surface area contributed by atoms with Crippen LogP contribution in [0.15, 0.2) is 6.07 Å². The standard InChI is InChI=1S/C11H19N3O/c1-7(2)10(6-15)14-11-5-8(3)12-9(4)13-11/h5,7,10,15H,6H2,1-4H3,(H,12,13,14). The number of aromatic nitrogens is 2. The molecular weight excluding hydrogens is 190 g/mol. The van der Waals surface area contributed by atoms with Crippen LogP contribution in [0.4, 0.5) is 5.82 Å². The van der Waals surface area contributed by atoms with Gasteiger partial charge in [0.15, 0.2) is 0 Å². The lowest BCUT2D eigenvalue weighted by atomic mass is 10.1. The molecule has 0 spiro atoms. The van der Waals surface area contributed by atoms with Crippen molar-refractivity contribution in [1.82, 2.24) is 9.97 Å². The van der Waals surface area contributed by atoms with Gasteiger partial charge in [-0.25, -0.2) is 9.97 Å². The van der Waals surface area contributed by atoms with E-state index in [0.29, 0.717) is 5.92 Å². The summed E-state index contributed by atoms with van der Waals surface area (Å²) in [5.41, 5.74) is 0.936. The molecule has 0 fully saturated rings. The highest BCUT2D eigenvalue weighted by Gasteiger charge is 2.12. The van der Waals surface area contributed by atoms with E-state index in [1.54, 1.807) is 0 Å². The third-order valence-corrected chi connectivity index (χ3v) is 2.30. The molecule has 1 unspecified atom stereocenters. The van der Waals surface area contributed by atoms with Gasteiger partial charge < -0.3 is 10.4 Å². The van der Waals surface area contributed by atoms with E-state index >= 15 is 0 Å². The molecule has 0 aliphatic heterocycles. The number of anilines is 1. The van der Waals surface area contributed by atoms with E-state index in [2.05, 4.69) is 29.1 Å². The van der Waals surface area contributed by atoms with Gasteiger partial charge >= 0.3 is 0 Å². The monoisotopic (exact) mass is 209 g/mol. The molecule has 15 heavy (non-hydrogen) atoms. The average molecular weight is 209 g/mol. The summed E-state index contributed by atoms with van der Waals surface area (Å²) in [6.45, 7) is 8.04. The first-order valence-corrected chi connectivity index (χ1v) is 5.22. The molecule has 0 saturated heterocycles. The summed E-state index contributed by atoms with van der Waals surface area (Å²) in [4.78, 5) is 8.47. The summed E-state index contributed by atoms with van der Waals surface area (Å²) in [5.74, 6) is 1.90.